The normalized spacial score (nSPS) is 11.9. The third-order valence-electron chi connectivity index (χ3n) is 11.1. The van der Waals surface area contributed by atoms with Gasteiger partial charge < -0.3 is 0 Å². The Balaban J connectivity index is 1.27. The summed E-state index contributed by atoms with van der Waals surface area (Å²) in [5.74, 6) is 0. The monoisotopic (exact) mass is 728 g/mol. The Morgan fingerprint density at radius 3 is 0.759 bits per heavy atom. The van der Waals surface area contributed by atoms with Crippen LogP contribution in [0.3, 0.4) is 0 Å². The predicted octanol–water partition coefficient (Wildman–Crippen LogP) is 11.0. The van der Waals surface area contributed by atoms with Gasteiger partial charge in [0.05, 0.1) is 12.3 Å². The maximum Gasteiger partial charge on any atom is 0.116 e. The third-order valence-corrected chi connectivity index (χ3v) is 19.8. The van der Waals surface area contributed by atoms with Crippen molar-refractivity contribution >= 4 is 67.9 Å². The Hall–Kier alpha value is -5.64. The Morgan fingerprint density at radius 2 is 0.500 bits per heavy atom. The second-order valence-electron chi connectivity index (χ2n) is 14.1. The highest BCUT2D eigenvalue weighted by molar-refractivity contribution is 7.95. The number of hydrogen-bond donors (Lipinski definition) is 0. The van der Waals surface area contributed by atoms with E-state index in [2.05, 4.69) is 231 Å². The average molecular weight is 729 g/mol. The van der Waals surface area contributed by atoms with Crippen molar-refractivity contribution in [1.82, 2.24) is 0 Å². The molecule has 9 aromatic carbocycles. The molecule has 0 saturated heterocycles. The fourth-order valence-electron chi connectivity index (χ4n) is 8.51. The second-order valence-corrected chi connectivity index (χ2v) is 21.0. The molecule has 0 nitrogen and oxygen atoms in total. The van der Waals surface area contributed by atoms with E-state index in [1.54, 1.807) is 0 Å². The molecule has 0 heterocycles. The molecule has 0 aliphatic rings. The van der Waals surface area contributed by atoms with Crippen LogP contribution >= 0.6 is 14.5 Å². The Bertz CT molecular complexity index is 2250. The quantitative estimate of drug-likeness (QED) is 0.0972. The summed E-state index contributed by atoms with van der Waals surface area (Å²) in [6, 6.07) is 86.5. The lowest BCUT2D eigenvalue weighted by Crippen LogP contribution is -2.32. The van der Waals surface area contributed by atoms with Gasteiger partial charge in [0.2, 0.25) is 0 Å². The Kier molecular flexibility index (Phi) is 9.49. The first-order valence-corrected chi connectivity index (χ1v) is 22.7. The van der Waals surface area contributed by atoms with Crippen LogP contribution in [0.25, 0.3) is 21.5 Å². The summed E-state index contributed by atoms with van der Waals surface area (Å²) in [5, 5.41) is 13.7. The number of benzene rings is 9. The molecule has 0 saturated carbocycles. The summed E-state index contributed by atoms with van der Waals surface area (Å²) in [5.41, 5.74) is 2.79. The smallest absolute Gasteiger partial charge is 0.0620 e. The van der Waals surface area contributed by atoms with Crippen molar-refractivity contribution in [3.63, 3.8) is 0 Å². The standard InChI is InChI=1S/C52H42P2/c1-7-25-45(26-8-1)53(46-27-9-2-10-28-46,47-29-11-3-12-30-47)39-43-23-19-21-41-37-42-22-20-24-44(52(42)38-51(41)43)40-54(48-31-13-4-14-32-48,49-33-15-5-16-34-49)50-35-17-6-18-36-50/h1-38H,39-40H2/q+2. The van der Waals surface area contributed by atoms with Gasteiger partial charge in [0, 0.05) is 0 Å². The number of hydrogen-bond acceptors (Lipinski definition) is 0. The third kappa shape index (κ3) is 6.17. The van der Waals surface area contributed by atoms with E-state index in [4.69, 9.17) is 0 Å². The van der Waals surface area contributed by atoms with Gasteiger partial charge in [-0.05, 0) is 118 Å². The fraction of sp³-hybridized carbons (Fsp3) is 0.0385. The van der Waals surface area contributed by atoms with Gasteiger partial charge in [0.25, 0.3) is 0 Å². The fourth-order valence-corrected chi connectivity index (χ4v) is 17.0. The number of fused-ring (bicyclic) bond motifs is 2. The van der Waals surface area contributed by atoms with E-state index in [1.807, 2.05) is 0 Å². The van der Waals surface area contributed by atoms with E-state index >= 15 is 0 Å². The van der Waals surface area contributed by atoms with Crippen LogP contribution in [0.2, 0.25) is 0 Å². The maximum absolute atomic E-state index is 2.53. The Labute approximate surface area is 320 Å². The van der Waals surface area contributed by atoms with Crippen molar-refractivity contribution in [2.75, 3.05) is 0 Å². The molecular formula is C52H42P2+2. The molecule has 54 heavy (non-hydrogen) atoms. The summed E-state index contributed by atoms with van der Waals surface area (Å²) in [7, 11) is -4.20. The first-order chi connectivity index (χ1) is 26.8. The zero-order valence-corrected chi connectivity index (χ0v) is 32.0. The lowest BCUT2D eigenvalue weighted by molar-refractivity contribution is 1.42. The van der Waals surface area contributed by atoms with E-state index < -0.39 is 14.5 Å². The zero-order valence-electron chi connectivity index (χ0n) is 30.2. The molecular weight excluding hydrogens is 687 g/mol. The van der Waals surface area contributed by atoms with Gasteiger partial charge in [-0.2, -0.15) is 0 Å². The van der Waals surface area contributed by atoms with Gasteiger partial charge in [-0.1, -0.05) is 146 Å². The van der Waals surface area contributed by atoms with Crippen LogP contribution in [0.5, 0.6) is 0 Å². The van der Waals surface area contributed by atoms with E-state index in [-0.39, 0.29) is 0 Å². The molecule has 0 aliphatic carbocycles. The molecule has 0 radical (unpaired) electrons. The minimum atomic E-state index is -2.10. The molecule has 0 aromatic heterocycles. The van der Waals surface area contributed by atoms with Crippen LogP contribution in [0.15, 0.2) is 231 Å². The number of rotatable bonds is 10. The van der Waals surface area contributed by atoms with Crippen LogP contribution in [0.1, 0.15) is 11.1 Å². The van der Waals surface area contributed by atoms with Crippen molar-refractivity contribution in [2.45, 2.75) is 12.3 Å². The van der Waals surface area contributed by atoms with E-state index in [0.29, 0.717) is 0 Å². The average Bonchev–Trinajstić information content (AvgIpc) is 3.26. The van der Waals surface area contributed by atoms with Gasteiger partial charge in [-0.3, -0.25) is 0 Å². The minimum absolute atomic E-state index is 0.936. The topological polar surface area (TPSA) is 0 Å². The molecule has 0 atom stereocenters. The van der Waals surface area contributed by atoms with Crippen LogP contribution in [-0.2, 0) is 12.3 Å². The van der Waals surface area contributed by atoms with E-state index in [0.717, 1.165) is 12.3 Å². The highest BCUT2D eigenvalue weighted by Gasteiger charge is 2.47. The van der Waals surface area contributed by atoms with Gasteiger partial charge in [0.1, 0.15) is 46.4 Å². The molecule has 0 N–H and O–H groups in total. The van der Waals surface area contributed by atoms with Crippen molar-refractivity contribution in [3.8, 4) is 0 Å². The highest BCUT2D eigenvalue weighted by Crippen LogP contribution is 2.60. The molecule has 258 valence electrons. The summed E-state index contributed by atoms with van der Waals surface area (Å²) >= 11 is 0. The summed E-state index contributed by atoms with van der Waals surface area (Å²) in [6.07, 6.45) is 1.87. The molecule has 9 aromatic rings. The summed E-state index contributed by atoms with van der Waals surface area (Å²) < 4.78 is 0. The second kappa shape index (κ2) is 15.0. The SMILES string of the molecule is c1ccc([P+](Cc2cccc3cc4cccc(C[P+](c5ccccc5)(c5ccccc5)c5ccccc5)c4cc23)(c2ccccc2)c2ccccc2)cc1. The minimum Gasteiger partial charge on any atom is -0.0620 e. The molecule has 0 amide bonds. The molecule has 0 bridgehead atoms. The van der Waals surface area contributed by atoms with Gasteiger partial charge >= 0.3 is 0 Å². The lowest BCUT2D eigenvalue weighted by Gasteiger charge is -2.29. The summed E-state index contributed by atoms with van der Waals surface area (Å²) in [6.45, 7) is 0. The van der Waals surface area contributed by atoms with E-state index in [1.165, 1.54) is 64.5 Å². The van der Waals surface area contributed by atoms with Crippen LogP contribution in [0, 0.1) is 0 Å². The molecule has 0 fully saturated rings. The lowest BCUT2D eigenvalue weighted by atomic mass is 9.98. The molecule has 9 rings (SSSR count). The first kappa shape index (κ1) is 34.1. The van der Waals surface area contributed by atoms with Gasteiger partial charge in [-0.25, -0.2) is 0 Å². The molecule has 2 heteroatoms. The maximum atomic E-state index is 2.53. The van der Waals surface area contributed by atoms with Gasteiger partial charge in [-0.15, -0.1) is 0 Å². The molecule has 0 aliphatic heterocycles. The van der Waals surface area contributed by atoms with Gasteiger partial charge in [0.15, 0.2) is 0 Å². The van der Waals surface area contributed by atoms with Crippen molar-refractivity contribution in [3.05, 3.63) is 242 Å². The summed E-state index contributed by atoms with van der Waals surface area (Å²) in [4.78, 5) is 0. The van der Waals surface area contributed by atoms with Crippen molar-refractivity contribution in [2.24, 2.45) is 0 Å². The van der Waals surface area contributed by atoms with Crippen LogP contribution in [-0.4, -0.2) is 0 Å². The molecule has 0 spiro atoms. The van der Waals surface area contributed by atoms with Crippen molar-refractivity contribution < 1.29 is 0 Å². The Morgan fingerprint density at radius 1 is 0.241 bits per heavy atom. The predicted molar refractivity (Wildman–Crippen MR) is 239 cm³/mol. The molecule has 0 unspecified atom stereocenters. The first-order valence-electron chi connectivity index (χ1n) is 18.8. The van der Waals surface area contributed by atoms with Crippen LogP contribution in [0.4, 0.5) is 0 Å². The zero-order chi connectivity index (χ0) is 36.2. The highest BCUT2D eigenvalue weighted by atomic mass is 31.2. The van der Waals surface area contributed by atoms with Crippen molar-refractivity contribution in [1.29, 1.82) is 0 Å². The van der Waals surface area contributed by atoms with E-state index in [9.17, 15) is 0 Å². The largest absolute Gasteiger partial charge is 0.116 e. The van der Waals surface area contributed by atoms with Crippen LogP contribution < -0.4 is 31.8 Å².